The Morgan fingerprint density at radius 2 is 1.10 bits per heavy atom. The maximum absolute atomic E-state index is 9.90. The van der Waals surface area contributed by atoms with Gasteiger partial charge in [-0.25, -0.2) is 0 Å². The van der Waals surface area contributed by atoms with Gasteiger partial charge in [-0.05, 0) is 0 Å². The van der Waals surface area contributed by atoms with E-state index < -0.39 is 117 Å². The molecule has 2 aliphatic rings. The van der Waals surface area contributed by atoms with E-state index in [4.69, 9.17) is 91.9 Å². The normalized spacial score (nSPS) is 33.0. The number of rotatable bonds is 11. The number of likely N-dealkylation sites (N-methyl/N-ethyl adjacent to an activating group) is 1. The monoisotopic (exact) mass is 749 g/mol. The van der Waals surface area contributed by atoms with Crippen LogP contribution in [-0.4, -0.2) is 266 Å². The van der Waals surface area contributed by atoms with Crippen LogP contribution in [0, 0.1) is 0 Å². The number of quaternary nitrogens is 1. The highest BCUT2D eigenvalue weighted by molar-refractivity contribution is 5.65. The molecule has 1 saturated carbocycles. The van der Waals surface area contributed by atoms with E-state index >= 15 is 0 Å². The van der Waals surface area contributed by atoms with Crippen LogP contribution in [0.4, 0.5) is 0 Å². The van der Waals surface area contributed by atoms with Gasteiger partial charge in [-0.3, -0.25) is 0 Å². The summed E-state index contributed by atoms with van der Waals surface area (Å²) in [5.41, 5.74) is 0. The van der Waals surface area contributed by atoms with Crippen molar-refractivity contribution in [2.75, 3.05) is 60.7 Å². The van der Waals surface area contributed by atoms with Gasteiger partial charge in [0.15, 0.2) is 6.29 Å². The van der Waals surface area contributed by atoms with Crippen molar-refractivity contribution in [3.05, 3.63) is 0 Å². The second-order valence-corrected chi connectivity index (χ2v) is 11.9. The summed E-state index contributed by atoms with van der Waals surface area (Å²) in [4.78, 5) is 19.8. The first kappa shape index (κ1) is 52.7. The topological polar surface area (TPSA) is 451 Å². The highest BCUT2D eigenvalue weighted by atomic mass is 16.7. The molecular weight excluding hydrogens is 694 g/mol. The smallest absolute Gasteiger partial charge is 0.219 e. The van der Waals surface area contributed by atoms with Crippen molar-refractivity contribution in [3.63, 3.8) is 0 Å². The highest BCUT2D eigenvalue weighted by Gasteiger charge is 2.52. The zero-order chi connectivity index (χ0) is 40.3. The zero-order valence-electron chi connectivity index (χ0n) is 27.5. The lowest BCUT2D eigenvalue weighted by Crippen LogP contribution is -2.63. The summed E-state index contributed by atoms with van der Waals surface area (Å²) in [6.45, 7) is -2.78. The van der Waals surface area contributed by atoms with Gasteiger partial charge in [-0.2, -0.15) is 0 Å². The Kier molecular flexibility index (Phi) is 26.7. The molecule has 0 bridgehead atoms. The third kappa shape index (κ3) is 18.7. The molecule has 19 N–H and O–H groups in total. The minimum Gasteiger partial charge on any atom is -0.544 e. The van der Waals surface area contributed by atoms with Gasteiger partial charge in [0.2, 0.25) is 5.79 Å². The fourth-order valence-electron chi connectivity index (χ4n) is 3.42. The molecule has 24 heteroatoms. The van der Waals surface area contributed by atoms with Crippen LogP contribution in [0.2, 0.25) is 0 Å². The van der Waals surface area contributed by atoms with E-state index in [0.717, 1.165) is 0 Å². The maximum Gasteiger partial charge on any atom is 0.219 e. The molecular formula is C26H55NO23. The van der Waals surface area contributed by atoms with Crippen molar-refractivity contribution < 1.29 is 121 Å². The van der Waals surface area contributed by atoms with Gasteiger partial charge in [0.1, 0.15) is 92.0 Å². The highest BCUT2D eigenvalue weighted by Crippen LogP contribution is 2.28. The molecule has 0 amide bonds. The minimum absolute atomic E-state index is 0.0258. The molecule has 1 heterocycles. The van der Waals surface area contributed by atoms with Gasteiger partial charge in [-0.1, -0.05) is 0 Å². The van der Waals surface area contributed by atoms with E-state index in [1.54, 1.807) is 21.1 Å². The summed E-state index contributed by atoms with van der Waals surface area (Å²) in [5.74, 6) is -3.16. The van der Waals surface area contributed by atoms with Crippen molar-refractivity contribution >= 4 is 12.3 Å². The van der Waals surface area contributed by atoms with Gasteiger partial charge < -0.3 is 121 Å². The third-order valence-electron chi connectivity index (χ3n) is 6.47. The minimum atomic E-state index is -2.16. The van der Waals surface area contributed by atoms with Crippen molar-refractivity contribution in [2.24, 2.45) is 0 Å². The number of aliphatic carboxylic acids is 1. The Bertz CT molecular complexity index is 831. The number of aliphatic hydroxyl groups is 19. The Morgan fingerprint density at radius 1 is 0.720 bits per heavy atom. The summed E-state index contributed by atoms with van der Waals surface area (Å²) in [5, 5.41) is 176. The first-order valence-corrected chi connectivity index (χ1v) is 14.5. The Labute approximate surface area is 285 Å². The number of hydrogen-bond acceptors (Lipinski definition) is 23. The van der Waals surface area contributed by atoms with E-state index in [-0.39, 0.29) is 26.0 Å². The van der Waals surface area contributed by atoms with E-state index in [0.29, 0.717) is 4.48 Å². The number of carboxylic acids is 1. The molecule has 8 atom stereocenters. The second-order valence-electron chi connectivity index (χ2n) is 11.9. The summed E-state index contributed by atoms with van der Waals surface area (Å²) in [6.07, 6.45) is -21.7. The predicted molar refractivity (Wildman–Crippen MR) is 157 cm³/mol. The maximum atomic E-state index is 9.90. The van der Waals surface area contributed by atoms with E-state index in [1.165, 1.54) is 0 Å². The van der Waals surface area contributed by atoms with Crippen LogP contribution in [0.3, 0.4) is 0 Å². The number of carbonyl (C=O) groups is 2. The molecule has 302 valence electrons. The van der Waals surface area contributed by atoms with Crippen LogP contribution in [-0.2, 0) is 14.3 Å². The number of aldehydes is 1. The lowest BCUT2D eigenvalue weighted by atomic mass is 9.85. The molecule has 50 heavy (non-hydrogen) atoms. The number of carboxylic acid groups (broad SMARTS) is 1. The quantitative estimate of drug-likeness (QED) is 0.0688. The van der Waals surface area contributed by atoms with Crippen LogP contribution in [0.5, 0.6) is 0 Å². The number of hydrogen-bond donors (Lipinski definition) is 19. The molecule has 24 nitrogen and oxygen atoms in total. The van der Waals surface area contributed by atoms with Gasteiger partial charge in [-0.15, -0.1) is 0 Å². The number of nitrogens with zero attached hydrogens (tertiary/aromatic N) is 1. The van der Waals surface area contributed by atoms with Crippen molar-refractivity contribution in [1.29, 1.82) is 0 Å². The summed E-state index contributed by atoms with van der Waals surface area (Å²) in [7, 11) is 5.40. The molecule has 0 aromatic rings. The van der Waals surface area contributed by atoms with Crippen molar-refractivity contribution in [2.45, 2.75) is 91.2 Å². The van der Waals surface area contributed by atoms with Gasteiger partial charge in [0.25, 0.3) is 0 Å². The summed E-state index contributed by atoms with van der Waals surface area (Å²) in [6, 6.07) is 0. The number of aliphatic hydroxyl groups excluding tert-OH is 18. The standard InChI is InChI=1S/3C6H12O6.C5H11NO2.C3H8O3/c7-1-3-4(9)5(10)6(11,2-8)12-3;7-1-2(8)4(10)6(12)5(11)3(1)9;7-1-3(9)5(11)6(12)4(10)2-8;1-6(2,3)4-5(7)8;4-1-3(6)2-5/h3-5,7-11H,1-2H2;1-12H;1,3-6,8-12H,2H2;4H2,1-3H3;3-6H,1-2H2/t3-,4-,5+,6-;;3-,4+,5+,6+;;/m1.0../s1. The first-order valence-electron chi connectivity index (χ1n) is 14.5. The zero-order valence-corrected chi connectivity index (χ0v) is 27.5. The van der Waals surface area contributed by atoms with Crippen LogP contribution in [0.25, 0.3) is 0 Å². The lowest BCUT2D eigenvalue weighted by Gasteiger charge is -2.39. The molecule has 0 unspecified atom stereocenters. The lowest BCUT2D eigenvalue weighted by molar-refractivity contribution is -0.864. The Balaban J connectivity index is -0.000000565. The van der Waals surface area contributed by atoms with Gasteiger partial charge in [0, 0.05) is 0 Å². The van der Waals surface area contributed by atoms with Crippen LogP contribution < -0.4 is 5.11 Å². The van der Waals surface area contributed by atoms with Gasteiger partial charge >= 0.3 is 0 Å². The first-order chi connectivity index (χ1) is 22.8. The third-order valence-corrected chi connectivity index (χ3v) is 6.47. The fraction of sp³-hybridized carbons (Fsp3) is 0.923. The molecule has 1 saturated heterocycles. The Morgan fingerprint density at radius 3 is 1.26 bits per heavy atom. The van der Waals surface area contributed by atoms with Gasteiger partial charge in [0.05, 0.1) is 60.1 Å². The average Bonchev–Trinajstić information content (AvgIpc) is 3.30. The van der Waals surface area contributed by atoms with Crippen molar-refractivity contribution in [1.82, 2.24) is 0 Å². The summed E-state index contributed by atoms with van der Waals surface area (Å²) < 4.78 is 5.05. The average molecular weight is 750 g/mol. The van der Waals surface area contributed by atoms with Crippen LogP contribution >= 0.6 is 0 Å². The fourth-order valence-corrected chi connectivity index (χ4v) is 3.42. The largest absolute Gasteiger partial charge is 0.544 e. The molecule has 0 aromatic heterocycles. The van der Waals surface area contributed by atoms with E-state index in [9.17, 15) is 19.8 Å². The van der Waals surface area contributed by atoms with E-state index in [2.05, 4.69) is 4.74 Å². The molecule has 2 fully saturated rings. The predicted octanol–water partition coefficient (Wildman–Crippen LogP) is -13.7. The molecule has 1 aliphatic heterocycles. The molecule has 0 spiro atoms. The van der Waals surface area contributed by atoms with E-state index in [1.807, 2.05) is 0 Å². The molecule has 2 rings (SSSR count). The number of carbonyl (C=O) groups excluding carboxylic acids is 2. The summed E-state index contributed by atoms with van der Waals surface area (Å²) >= 11 is 0. The molecule has 0 radical (unpaired) electrons. The SMILES string of the molecule is C[N+](C)(C)CC(=O)[O-].O=C[C@H](O)[C@@H](O)[C@H](O)[C@H](O)CO.OC1C(O)C(O)C(O)C(O)C1O.OCC(O)CO.OC[C@H]1O[C@](O)(CO)[C@@H](O)[C@@H]1O. The molecule has 1 aliphatic carbocycles. The van der Waals surface area contributed by atoms with Crippen LogP contribution in [0.1, 0.15) is 0 Å². The van der Waals surface area contributed by atoms with Crippen LogP contribution in [0.15, 0.2) is 0 Å². The molecule has 0 aromatic carbocycles. The number of ether oxygens (including phenoxy) is 1. The van der Waals surface area contributed by atoms with Crippen molar-refractivity contribution in [3.8, 4) is 0 Å². The second kappa shape index (κ2) is 25.3. The Hall–Kier alpha value is -1.70.